The van der Waals surface area contributed by atoms with Gasteiger partial charge in [-0.1, -0.05) is 0 Å². The summed E-state index contributed by atoms with van der Waals surface area (Å²) in [4.78, 5) is 32.3. The van der Waals surface area contributed by atoms with Gasteiger partial charge in [-0.2, -0.15) is 15.0 Å². The van der Waals surface area contributed by atoms with Crippen molar-refractivity contribution in [1.82, 2.24) is 24.9 Å². The molecule has 0 radical (unpaired) electrons. The Bertz CT molecular complexity index is 627. The minimum atomic E-state index is -0.215. The molecule has 0 bridgehead atoms. The number of hydrogen-bond donors (Lipinski definition) is 2. The predicted molar refractivity (Wildman–Crippen MR) is 72.7 cm³/mol. The molecule has 0 aliphatic heterocycles. The van der Waals surface area contributed by atoms with E-state index in [1.54, 1.807) is 11.9 Å². The summed E-state index contributed by atoms with van der Waals surface area (Å²) in [6.45, 7) is 0. The number of nitrogens with one attached hydrogen (secondary N) is 2. The third-order valence-corrected chi connectivity index (χ3v) is 2.83. The van der Waals surface area contributed by atoms with Gasteiger partial charge < -0.3 is 15.2 Å². The summed E-state index contributed by atoms with van der Waals surface area (Å²) < 4.78 is 0. The normalized spacial score (nSPS) is 10.3. The molecule has 0 atom stereocenters. The quantitative estimate of drug-likeness (QED) is 0.766. The van der Waals surface area contributed by atoms with Crippen LogP contribution in [0.3, 0.4) is 0 Å². The van der Waals surface area contributed by atoms with Gasteiger partial charge in [0.05, 0.1) is 0 Å². The van der Waals surface area contributed by atoms with Crippen LogP contribution in [-0.4, -0.2) is 46.1 Å². The van der Waals surface area contributed by atoms with Gasteiger partial charge in [-0.3, -0.25) is 4.79 Å². The number of rotatable bonds is 4. The van der Waals surface area contributed by atoms with Crippen LogP contribution < -0.4 is 15.8 Å². The summed E-state index contributed by atoms with van der Waals surface area (Å²) in [5, 5.41) is 3.76. The van der Waals surface area contributed by atoms with Crippen LogP contribution in [0, 0.1) is 0 Å². The van der Waals surface area contributed by atoms with Crippen molar-refractivity contribution in [2.75, 3.05) is 31.4 Å². The molecule has 0 aliphatic carbocycles. The van der Waals surface area contributed by atoms with E-state index in [2.05, 4.69) is 30.2 Å². The minimum Gasteiger partial charge on any atom is -0.357 e. The molecule has 0 aromatic carbocycles. The first kappa shape index (κ1) is 13.3. The molecule has 2 aromatic heterocycles. The van der Waals surface area contributed by atoms with E-state index in [0.29, 0.717) is 22.2 Å². The number of hydrogen-bond acceptors (Lipinski definition) is 8. The summed E-state index contributed by atoms with van der Waals surface area (Å²) in [7, 11) is 5.41. The second-order valence-electron chi connectivity index (χ2n) is 3.73. The standard InChI is InChI=1S/C10H13N7OS/c1-11-7-14-8(17(2)3)16-10(15-7)19-9-12-5-4-6(18)13-9/h4-5H,1-3H3,(H,12,13,18)(H,11,14,15,16). The van der Waals surface area contributed by atoms with Crippen molar-refractivity contribution in [2.24, 2.45) is 0 Å². The summed E-state index contributed by atoms with van der Waals surface area (Å²) in [6.07, 6.45) is 1.44. The van der Waals surface area contributed by atoms with Gasteiger partial charge in [0.25, 0.3) is 5.56 Å². The summed E-state index contributed by atoms with van der Waals surface area (Å²) in [6, 6.07) is 1.35. The Hall–Kier alpha value is -2.16. The fourth-order valence-corrected chi connectivity index (χ4v) is 1.89. The van der Waals surface area contributed by atoms with Gasteiger partial charge in [-0.25, -0.2) is 4.98 Å². The molecule has 2 heterocycles. The van der Waals surface area contributed by atoms with Crippen LogP contribution in [0.1, 0.15) is 0 Å². The molecule has 100 valence electrons. The fourth-order valence-electron chi connectivity index (χ4n) is 1.19. The Balaban J connectivity index is 2.34. The van der Waals surface area contributed by atoms with E-state index < -0.39 is 0 Å². The first-order chi connectivity index (χ1) is 9.08. The van der Waals surface area contributed by atoms with Crippen LogP contribution in [-0.2, 0) is 0 Å². The maximum atomic E-state index is 11.2. The zero-order valence-electron chi connectivity index (χ0n) is 10.7. The van der Waals surface area contributed by atoms with Crippen molar-refractivity contribution >= 4 is 23.7 Å². The van der Waals surface area contributed by atoms with Crippen LogP contribution >= 0.6 is 11.8 Å². The van der Waals surface area contributed by atoms with Crippen molar-refractivity contribution in [3.05, 3.63) is 22.6 Å². The molecular formula is C10H13N7OS. The van der Waals surface area contributed by atoms with Crippen molar-refractivity contribution in [1.29, 1.82) is 0 Å². The first-order valence-electron chi connectivity index (χ1n) is 5.43. The molecule has 2 rings (SSSR count). The Kier molecular flexibility index (Phi) is 3.95. The first-order valence-corrected chi connectivity index (χ1v) is 6.24. The molecule has 2 N–H and O–H groups in total. The molecule has 0 unspecified atom stereocenters. The molecule has 19 heavy (non-hydrogen) atoms. The monoisotopic (exact) mass is 279 g/mol. The van der Waals surface area contributed by atoms with Crippen molar-refractivity contribution in [2.45, 2.75) is 10.3 Å². The van der Waals surface area contributed by atoms with E-state index >= 15 is 0 Å². The highest BCUT2D eigenvalue weighted by Crippen LogP contribution is 2.22. The van der Waals surface area contributed by atoms with Crippen molar-refractivity contribution < 1.29 is 0 Å². The second-order valence-corrected chi connectivity index (χ2v) is 4.68. The SMILES string of the molecule is CNc1nc(Sc2nccc(=O)[nH]2)nc(N(C)C)n1. The molecule has 0 saturated heterocycles. The van der Waals surface area contributed by atoms with Crippen LogP contribution in [0.5, 0.6) is 0 Å². The van der Waals surface area contributed by atoms with Gasteiger partial charge in [-0.15, -0.1) is 0 Å². The van der Waals surface area contributed by atoms with E-state index in [0.717, 1.165) is 0 Å². The van der Waals surface area contributed by atoms with Crippen LogP contribution in [0.4, 0.5) is 11.9 Å². The molecule has 2 aromatic rings. The lowest BCUT2D eigenvalue weighted by Crippen LogP contribution is -2.15. The Labute approximate surface area is 113 Å². The Morgan fingerprint density at radius 1 is 1.32 bits per heavy atom. The second kappa shape index (κ2) is 5.65. The zero-order chi connectivity index (χ0) is 13.8. The molecule has 0 saturated carbocycles. The van der Waals surface area contributed by atoms with Crippen molar-refractivity contribution in [3.63, 3.8) is 0 Å². The van der Waals surface area contributed by atoms with Gasteiger partial charge >= 0.3 is 0 Å². The number of aromatic nitrogens is 5. The van der Waals surface area contributed by atoms with Crippen LogP contribution in [0.15, 0.2) is 27.4 Å². The lowest BCUT2D eigenvalue weighted by molar-refractivity contribution is 0.859. The van der Waals surface area contributed by atoms with Crippen LogP contribution in [0.25, 0.3) is 0 Å². The summed E-state index contributed by atoms with van der Waals surface area (Å²) >= 11 is 1.17. The molecule has 0 spiro atoms. The molecule has 8 nitrogen and oxygen atoms in total. The van der Waals surface area contributed by atoms with E-state index in [9.17, 15) is 4.79 Å². The Morgan fingerprint density at radius 3 is 2.74 bits per heavy atom. The molecular weight excluding hydrogens is 266 g/mol. The molecule has 0 aliphatic rings. The maximum absolute atomic E-state index is 11.2. The summed E-state index contributed by atoms with van der Waals surface area (Å²) in [5.74, 6) is 0.986. The van der Waals surface area contributed by atoms with E-state index in [-0.39, 0.29) is 5.56 Å². The lowest BCUT2D eigenvalue weighted by Gasteiger charge is -2.11. The van der Waals surface area contributed by atoms with Crippen LogP contribution in [0.2, 0.25) is 0 Å². The topological polar surface area (TPSA) is 99.7 Å². The fraction of sp³-hybridized carbons (Fsp3) is 0.300. The highest BCUT2D eigenvalue weighted by atomic mass is 32.2. The molecule has 0 amide bonds. The largest absolute Gasteiger partial charge is 0.357 e. The van der Waals surface area contributed by atoms with E-state index in [1.165, 1.54) is 24.0 Å². The van der Waals surface area contributed by atoms with Gasteiger partial charge in [0.15, 0.2) is 5.16 Å². The number of aromatic amines is 1. The lowest BCUT2D eigenvalue weighted by atomic mass is 10.7. The molecule has 9 heteroatoms. The Morgan fingerprint density at radius 2 is 2.11 bits per heavy atom. The van der Waals surface area contributed by atoms with Crippen molar-refractivity contribution in [3.8, 4) is 0 Å². The highest BCUT2D eigenvalue weighted by molar-refractivity contribution is 7.99. The smallest absolute Gasteiger partial charge is 0.251 e. The zero-order valence-corrected chi connectivity index (χ0v) is 11.5. The van der Waals surface area contributed by atoms with Gasteiger partial charge in [0.2, 0.25) is 17.1 Å². The van der Waals surface area contributed by atoms with Gasteiger partial charge in [-0.05, 0) is 11.8 Å². The average Bonchev–Trinajstić information content (AvgIpc) is 2.38. The number of H-pyrrole nitrogens is 1. The predicted octanol–water partition coefficient (Wildman–Crippen LogP) is 0.214. The third-order valence-electron chi connectivity index (χ3n) is 2.06. The summed E-state index contributed by atoms with van der Waals surface area (Å²) in [5.41, 5.74) is -0.215. The number of nitrogens with zero attached hydrogens (tertiary/aromatic N) is 5. The number of anilines is 2. The maximum Gasteiger partial charge on any atom is 0.251 e. The van der Waals surface area contributed by atoms with Gasteiger partial charge in [0.1, 0.15) is 0 Å². The average molecular weight is 279 g/mol. The van der Waals surface area contributed by atoms with E-state index in [4.69, 9.17) is 0 Å². The highest BCUT2D eigenvalue weighted by Gasteiger charge is 2.09. The minimum absolute atomic E-state index is 0.215. The van der Waals surface area contributed by atoms with Gasteiger partial charge in [0, 0.05) is 33.4 Å². The van der Waals surface area contributed by atoms with E-state index in [1.807, 2.05) is 14.1 Å². The molecule has 0 fully saturated rings. The third kappa shape index (κ3) is 3.41.